The van der Waals surface area contributed by atoms with Gasteiger partial charge in [-0.3, -0.25) is 0 Å². The van der Waals surface area contributed by atoms with Gasteiger partial charge in [-0.15, -0.1) is 0 Å². The first kappa shape index (κ1) is 14.8. The zero-order valence-electron chi connectivity index (χ0n) is 13.0. The monoisotopic (exact) mass is 290 g/mol. The van der Waals surface area contributed by atoms with Crippen molar-refractivity contribution in [2.75, 3.05) is 24.5 Å². The van der Waals surface area contributed by atoms with Crippen LogP contribution in [0.4, 0.5) is 10.1 Å². The van der Waals surface area contributed by atoms with Crippen molar-refractivity contribution in [3.63, 3.8) is 0 Å². The number of para-hydroxylation sites is 1. The molecule has 1 aromatic rings. The van der Waals surface area contributed by atoms with Crippen LogP contribution >= 0.6 is 0 Å². The van der Waals surface area contributed by atoms with Crippen LogP contribution in [0.2, 0.25) is 0 Å². The van der Waals surface area contributed by atoms with Gasteiger partial charge >= 0.3 is 0 Å². The lowest BCUT2D eigenvalue weighted by atomic mass is 9.84. The summed E-state index contributed by atoms with van der Waals surface area (Å²) in [5.41, 5.74) is 0.770. The Labute approximate surface area is 127 Å². The molecule has 116 valence electrons. The topological polar surface area (TPSA) is 15.3 Å². The van der Waals surface area contributed by atoms with Crippen LogP contribution in [-0.4, -0.2) is 25.7 Å². The Morgan fingerprint density at radius 1 is 1.19 bits per heavy atom. The van der Waals surface area contributed by atoms with Crippen LogP contribution in [0, 0.1) is 17.7 Å². The Morgan fingerprint density at radius 2 is 2.00 bits per heavy atom. The predicted molar refractivity (Wildman–Crippen MR) is 86.1 cm³/mol. The van der Waals surface area contributed by atoms with E-state index in [0.717, 1.165) is 31.2 Å². The van der Waals surface area contributed by atoms with Crippen LogP contribution in [0.25, 0.3) is 0 Å². The molecule has 1 saturated carbocycles. The zero-order chi connectivity index (χ0) is 14.7. The molecule has 1 N–H and O–H groups in total. The average Bonchev–Trinajstić information content (AvgIpc) is 2.46. The molecular formula is C18H27FN2. The van der Waals surface area contributed by atoms with E-state index in [2.05, 4.69) is 17.1 Å². The molecule has 1 aliphatic heterocycles. The van der Waals surface area contributed by atoms with Gasteiger partial charge in [-0.2, -0.15) is 0 Å². The fourth-order valence-electron chi connectivity index (χ4n) is 3.58. The van der Waals surface area contributed by atoms with Crippen LogP contribution < -0.4 is 10.2 Å². The zero-order valence-corrected chi connectivity index (χ0v) is 13.0. The molecule has 1 aromatic carbocycles. The first-order valence-corrected chi connectivity index (χ1v) is 8.49. The lowest BCUT2D eigenvalue weighted by Crippen LogP contribution is -2.50. The Bertz CT molecular complexity index is 458. The number of halogens is 1. The maximum absolute atomic E-state index is 14.0. The molecule has 1 saturated heterocycles. The molecule has 2 aliphatic rings. The van der Waals surface area contributed by atoms with Gasteiger partial charge in [0.2, 0.25) is 0 Å². The third-order valence-corrected chi connectivity index (χ3v) is 5.23. The van der Waals surface area contributed by atoms with Crippen molar-refractivity contribution in [1.82, 2.24) is 5.32 Å². The number of benzene rings is 1. The van der Waals surface area contributed by atoms with E-state index in [1.807, 2.05) is 12.1 Å². The number of anilines is 1. The second-order valence-electron chi connectivity index (χ2n) is 6.77. The molecule has 2 nitrogen and oxygen atoms in total. The van der Waals surface area contributed by atoms with Gasteiger partial charge in [-0.25, -0.2) is 4.39 Å². The van der Waals surface area contributed by atoms with E-state index < -0.39 is 0 Å². The maximum atomic E-state index is 14.0. The van der Waals surface area contributed by atoms with Gasteiger partial charge in [-0.05, 0) is 49.8 Å². The predicted octanol–water partition coefficient (Wildman–Crippen LogP) is 3.82. The fourth-order valence-corrected chi connectivity index (χ4v) is 3.58. The van der Waals surface area contributed by atoms with E-state index in [1.54, 1.807) is 12.1 Å². The first-order valence-electron chi connectivity index (χ1n) is 8.49. The quantitative estimate of drug-likeness (QED) is 0.887. The van der Waals surface area contributed by atoms with Crippen molar-refractivity contribution in [3.8, 4) is 0 Å². The summed E-state index contributed by atoms with van der Waals surface area (Å²) in [4.78, 5) is 2.24. The summed E-state index contributed by atoms with van der Waals surface area (Å²) in [7, 11) is 0. The highest BCUT2D eigenvalue weighted by molar-refractivity contribution is 5.48. The number of rotatable bonds is 5. The molecule has 0 bridgehead atoms. The summed E-state index contributed by atoms with van der Waals surface area (Å²) < 4.78 is 14.0. The van der Waals surface area contributed by atoms with Crippen molar-refractivity contribution in [3.05, 3.63) is 30.1 Å². The van der Waals surface area contributed by atoms with E-state index in [4.69, 9.17) is 0 Å². The molecule has 1 aliphatic carbocycles. The minimum Gasteiger partial charge on any atom is -0.367 e. The minimum atomic E-state index is -0.0907. The summed E-state index contributed by atoms with van der Waals surface area (Å²) >= 11 is 0. The number of hydrogen-bond acceptors (Lipinski definition) is 2. The molecule has 0 amide bonds. The van der Waals surface area contributed by atoms with Crippen LogP contribution in [0.5, 0.6) is 0 Å². The van der Waals surface area contributed by atoms with E-state index in [0.29, 0.717) is 12.0 Å². The standard InChI is InChI=1S/C18H27FN2/c1-2-14-10-16(20-11-15-6-5-7-15)13-21(12-14)18-9-4-3-8-17(18)19/h3-4,8-9,14-16,20H,2,5-7,10-13H2,1H3. The van der Waals surface area contributed by atoms with Crippen LogP contribution in [0.15, 0.2) is 24.3 Å². The molecule has 2 atom stereocenters. The van der Waals surface area contributed by atoms with E-state index in [1.165, 1.54) is 32.1 Å². The van der Waals surface area contributed by atoms with Crippen LogP contribution in [0.3, 0.4) is 0 Å². The Morgan fingerprint density at radius 3 is 2.67 bits per heavy atom. The third kappa shape index (κ3) is 3.57. The molecule has 0 spiro atoms. The molecule has 3 rings (SSSR count). The Balaban J connectivity index is 1.64. The highest BCUT2D eigenvalue weighted by Gasteiger charge is 2.28. The highest BCUT2D eigenvalue weighted by Crippen LogP contribution is 2.29. The largest absolute Gasteiger partial charge is 0.367 e. The second kappa shape index (κ2) is 6.78. The molecular weight excluding hydrogens is 263 g/mol. The van der Waals surface area contributed by atoms with Gasteiger partial charge in [0.1, 0.15) is 5.82 Å². The molecule has 1 heterocycles. The van der Waals surface area contributed by atoms with E-state index in [9.17, 15) is 4.39 Å². The fraction of sp³-hybridized carbons (Fsp3) is 0.667. The van der Waals surface area contributed by atoms with Crippen molar-refractivity contribution in [1.29, 1.82) is 0 Å². The van der Waals surface area contributed by atoms with Crippen molar-refractivity contribution >= 4 is 5.69 Å². The lowest BCUT2D eigenvalue weighted by Gasteiger charge is -2.40. The van der Waals surface area contributed by atoms with Crippen LogP contribution in [-0.2, 0) is 0 Å². The summed E-state index contributed by atoms with van der Waals surface area (Å²) in [5.74, 6) is 1.46. The van der Waals surface area contributed by atoms with Gasteiger partial charge in [0.05, 0.1) is 5.69 Å². The summed E-state index contributed by atoms with van der Waals surface area (Å²) in [6, 6.07) is 7.69. The summed E-state index contributed by atoms with van der Waals surface area (Å²) in [5, 5.41) is 3.74. The molecule has 2 fully saturated rings. The van der Waals surface area contributed by atoms with Crippen molar-refractivity contribution in [2.24, 2.45) is 11.8 Å². The van der Waals surface area contributed by atoms with Gasteiger partial charge < -0.3 is 10.2 Å². The molecule has 0 radical (unpaired) electrons. The Kier molecular flexibility index (Phi) is 4.79. The van der Waals surface area contributed by atoms with Crippen molar-refractivity contribution < 1.29 is 4.39 Å². The molecule has 3 heteroatoms. The molecule has 21 heavy (non-hydrogen) atoms. The normalized spacial score (nSPS) is 26.7. The number of hydrogen-bond donors (Lipinski definition) is 1. The van der Waals surface area contributed by atoms with Gasteiger partial charge in [0.15, 0.2) is 0 Å². The highest BCUT2D eigenvalue weighted by atomic mass is 19.1. The van der Waals surface area contributed by atoms with Gasteiger partial charge in [0, 0.05) is 19.1 Å². The Hall–Kier alpha value is -1.09. The van der Waals surface area contributed by atoms with Gasteiger partial charge in [-0.1, -0.05) is 31.9 Å². The third-order valence-electron chi connectivity index (χ3n) is 5.23. The number of piperidine rings is 1. The average molecular weight is 290 g/mol. The number of nitrogens with zero attached hydrogens (tertiary/aromatic N) is 1. The molecule has 2 unspecified atom stereocenters. The molecule has 0 aromatic heterocycles. The minimum absolute atomic E-state index is 0.0907. The first-order chi connectivity index (χ1) is 10.3. The summed E-state index contributed by atoms with van der Waals surface area (Å²) in [6.07, 6.45) is 6.57. The van der Waals surface area contributed by atoms with Crippen molar-refractivity contribution in [2.45, 2.75) is 45.1 Å². The summed E-state index contributed by atoms with van der Waals surface area (Å²) in [6.45, 7) is 5.31. The lowest BCUT2D eigenvalue weighted by molar-refractivity contribution is 0.261. The van der Waals surface area contributed by atoms with E-state index in [-0.39, 0.29) is 5.82 Å². The van der Waals surface area contributed by atoms with E-state index >= 15 is 0 Å². The van der Waals surface area contributed by atoms with Crippen LogP contribution in [0.1, 0.15) is 39.0 Å². The van der Waals surface area contributed by atoms with Gasteiger partial charge in [0.25, 0.3) is 0 Å². The second-order valence-corrected chi connectivity index (χ2v) is 6.77. The smallest absolute Gasteiger partial charge is 0.146 e. The number of nitrogens with one attached hydrogen (secondary N) is 1. The maximum Gasteiger partial charge on any atom is 0.146 e. The SMILES string of the molecule is CCC1CC(NCC2CCC2)CN(c2ccccc2F)C1.